The second-order valence-electron chi connectivity index (χ2n) is 6.69. The lowest BCUT2D eigenvalue weighted by Gasteiger charge is -2.24. The number of hydrogen-bond donors (Lipinski definition) is 0. The predicted octanol–water partition coefficient (Wildman–Crippen LogP) is 4.40. The van der Waals surface area contributed by atoms with E-state index in [4.69, 9.17) is 0 Å². The summed E-state index contributed by atoms with van der Waals surface area (Å²) in [4.78, 5) is 0. The van der Waals surface area contributed by atoms with E-state index < -0.39 is 0 Å². The summed E-state index contributed by atoms with van der Waals surface area (Å²) in [7, 11) is 0.576. The van der Waals surface area contributed by atoms with E-state index in [9.17, 15) is 0 Å². The number of hydrogen-bond acceptors (Lipinski definition) is 0. The maximum atomic E-state index is 2.54. The lowest BCUT2D eigenvalue weighted by molar-refractivity contribution is 0.290. The van der Waals surface area contributed by atoms with E-state index in [-0.39, 0.29) is 0 Å². The summed E-state index contributed by atoms with van der Waals surface area (Å²) in [6.07, 6.45) is 4.45. The van der Waals surface area contributed by atoms with Gasteiger partial charge in [-0.2, -0.15) is 0 Å². The Hall–Kier alpha value is -0.430. The van der Waals surface area contributed by atoms with Crippen LogP contribution in [-0.4, -0.2) is 10.00 Å². The van der Waals surface area contributed by atoms with Crippen LogP contribution in [0.1, 0.15) is 45.6 Å². The molecule has 2 aliphatic rings. The van der Waals surface area contributed by atoms with Crippen molar-refractivity contribution in [2.24, 2.45) is 11.8 Å². The molecule has 1 saturated heterocycles. The van der Waals surface area contributed by atoms with Gasteiger partial charge in [0.1, 0.15) is 15.7 Å². The second kappa shape index (κ2) is 4.59. The zero-order valence-electron chi connectivity index (χ0n) is 11.9. The summed E-state index contributed by atoms with van der Waals surface area (Å²) in [6, 6.07) is 11.1. The Morgan fingerprint density at radius 1 is 1.17 bits per heavy atom. The van der Waals surface area contributed by atoms with Crippen LogP contribution < -0.4 is 0 Å². The topological polar surface area (TPSA) is 0 Å². The van der Waals surface area contributed by atoms with Gasteiger partial charge < -0.3 is 0 Å². The van der Waals surface area contributed by atoms with Crippen molar-refractivity contribution in [3.63, 3.8) is 0 Å². The van der Waals surface area contributed by atoms with Crippen LogP contribution >= 0.6 is 0 Å². The van der Waals surface area contributed by atoms with E-state index in [2.05, 4.69) is 51.1 Å². The van der Waals surface area contributed by atoms with E-state index >= 15 is 0 Å². The fourth-order valence-electron chi connectivity index (χ4n) is 3.96. The van der Waals surface area contributed by atoms with Gasteiger partial charge in [-0.25, -0.2) is 0 Å². The van der Waals surface area contributed by atoms with Crippen LogP contribution in [0.3, 0.4) is 0 Å². The minimum absolute atomic E-state index is 0.575. The van der Waals surface area contributed by atoms with Crippen molar-refractivity contribution in [3.8, 4) is 0 Å². The molecule has 4 atom stereocenters. The van der Waals surface area contributed by atoms with Crippen LogP contribution in [0.5, 0.6) is 0 Å². The quantitative estimate of drug-likeness (QED) is 0.692. The van der Waals surface area contributed by atoms with Crippen LogP contribution in [0.25, 0.3) is 0 Å². The second-order valence-corrected chi connectivity index (χ2v) is 9.49. The highest BCUT2D eigenvalue weighted by Crippen LogP contribution is 2.53. The van der Waals surface area contributed by atoms with Crippen molar-refractivity contribution in [1.29, 1.82) is 0 Å². The maximum absolute atomic E-state index is 2.54. The molecule has 1 saturated carbocycles. The summed E-state index contributed by atoms with van der Waals surface area (Å²) in [5.41, 5.74) is 1.55. The summed E-state index contributed by atoms with van der Waals surface area (Å²) in [5, 5.41) is 0.999. The lowest BCUT2D eigenvalue weighted by atomic mass is 9.78. The molecule has 0 radical (unpaired) electrons. The summed E-state index contributed by atoms with van der Waals surface area (Å²) in [5.74, 6) is 3.26. The molecule has 98 valence electrons. The van der Waals surface area contributed by atoms with Gasteiger partial charge in [-0.15, -0.1) is 0 Å². The highest BCUT2D eigenvalue weighted by molar-refractivity contribution is 7.98. The zero-order chi connectivity index (χ0) is 12.8. The van der Waals surface area contributed by atoms with Gasteiger partial charge in [-0.1, -0.05) is 37.3 Å². The van der Waals surface area contributed by atoms with Crippen LogP contribution in [-0.2, 0) is 16.6 Å². The van der Waals surface area contributed by atoms with Gasteiger partial charge in [0, 0.05) is 34.7 Å². The number of benzene rings is 1. The Morgan fingerprint density at radius 3 is 2.61 bits per heavy atom. The molecule has 0 aromatic heterocycles. The van der Waals surface area contributed by atoms with Crippen LogP contribution in [0.4, 0.5) is 0 Å². The van der Waals surface area contributed by atoms with Gasteiger partial charge >= 0.3 is 0 Å². The molecular formula is C17H25S+. The molecule has 2 bridgehead atoms. The first-order valence-electron chi connectivity index (χ1n) is 7.33. The molecule has 1 heteroatoms. The average molecular weight is 261 g/mol. The van der Waals surface area contributed by atoms with Crippen LogP contribution in [0, 0.1) is 11.8 Å². The van der Waals surface area contributed by atoms with E-state index in [0.29, 0.717) is 15.6 Å². The van der Waals surface area contributed by atoms with E-state index in [1.807, 2.05) is 0 Å². The van der Waals surface area contributed by atoms with Gasteiger partial charge in [0.2, 0.25) is 0 Å². The molecule has 0 spiro atoms. The monoisotopic (exact) mass is 261 g/mol. The third-order valence-corrected chi connectivity index (χ3v) is 9.03. The predicted molar refractivity (Wildman–Crippen MR) is 81.9 cm³/mol. The fourth-order valence-corrected chi connectivity index (χ4v) is 7.68. The maximum Gasteiger partial charge on any atom is 0.134 e. The largest absolute Gasteiger partial charge is 0.134 e. The highest BCUT2D eigenvalue weighted by atomic mass is 32.2. The van der Waals surface area contributed by atoms with Crippen LogP contribution in [0.15, 0.2) is 30.3 Å². The summed E-state index contributed by atoms with van der Waals surface area (Å²) in [6.45, 7) is 7.58. The van der Waals surface area contributed by atoms with Crippen molar-refractivity contribution in [2.75, 3.05) is 0 Å². The third kappa shape index (κ3) is 2.01. The fraction of sp³-hybridized carbons (Fsp3) is 0.647. The lowest BCUT2D eigenvalue weighted by Crippen LogP contribution is -2.36. The third-order valence-electron chi connectivity index (χ3n) is 5.31. The standard InChI is InChI=1S/C17H25S/c1-13-9-10-15-11-16(13)18(17(15,2)3)12-14-7-5-4-6-8-14/h4-8,13,15-16H,9-12H2,1-3H3/q+1. The van der Waals surface area contributed by atoms with Gasteiger partial charge in [-0.05, 0) is 26.7 Å². The van der Waals surface area contributed by atoms with Crippen LogP contribution in [0.2, 0.25) is 0 Å². The minimum atomic E-state index is 0.575. The van der Waals surface area contributed by atoms with Crippen molar-refractivity contribution in [1.82, 2.24) is 0 Å². The van der Waals surface area contributed by atoms with E-state index in [1.165, 1.54) is 25.0 Å². The highest BCUT2D eigenvalue weighted by Gasteiger charge is 2.60. The van der Waals surface area contributed by atoms with Crippen molar-refractivity contribution >= 4 is 10.9 Å². The average Bonchev–Trinajstić information content (AvgIpc) is 2.57. The first kappa shape index (κ1) is 12.6. The van der Waals surface area contributed by atoms with E-state index in [1.54, 1.807) is 5.56 Å². The normalized spacial score (nSPS) is 37.7. The first-order valence-corrected chi connectivity index (χ1v) is 8.78. The van der Waals surface area contributed by atoms with Gasteiger partial charge in [0.05, 0.1) is 0 Å². The Balaban J connectivity index is 1.85. The molecule has 18 heavy (non-hydrogen) atoms. The van der Waals surface area contributed by atoms with Gasteiger partial charge in [-0.3, -0.25) is 0 Å². The molecule has 1 aromatic carbocycles. The molecule has 1 aliphatic heterocycles. The number of rotatable bonds is 2. The molecule has 1 aliphatic carbocycles. The zero-order valence-corrected chi connectivity index (χ0v) is 12.7. The van der Waals surface area contributed by atoms with Crippen molar-refractivity contribution in [2.45, 2.75) is 55.8 Å². The Bertz CT molecular complexity index is 409. The van der Waals surface area contributed by atoms with Gasteiger partial charge in [0.15, 0.2) is 0 Å². The Labute approximate surface area is 115 Å². The number of fused-ring (bicyclic) bond motifs is 2. The Morgan fingerprint density at radius 2 is 1.89 bits per heavy atom. The molecule has 2 fully saturated rings. The van der Waals surface area contributed by atoms with E-state index in [0.717, 1.165) is 17.1 Å². The smallest absolute Gasteiger partial charge is 0.0622 e. The molecule has 0 amide bonds. The molecule has 0 nitrogen and oxygen atoms in total. The summed E-state index contributed by atoms with van der Waals surface area (Å²) >= 11 is 0. The molecule has 4 unspecified atom stereocenters. The first-order chi connectivity index (χ1) is 8.59. The van der Waals surface area contributed by atoms with Crippen molar-refractivity contribution in [3.05, 3.63) is 35.9 Å². The Kier molecular flexibility index (Phi) is 3.21. The SMILES string of the molecule is CC1CCC2CC1[S+](Cc1ccccc1)C2(C)C. The molecular weight excluding hydrogens is 236 g/mol. The molecule has 0 N–H and O–H groups in total. The van der Waals surface area contributed by atoms with Crippen molar-refractivity contribution < 1.29 is 0 Å². The molecule has 3 rings (SSSR count). The van der Waals surface area contributed by atoms with Gasteiger partial charge in [0.25, 0.3) is 0 Å². The summed E-state index contributed by atoms with van der Waals surface area (Å²) < 4.78 is 0.575. The molecule has 1 heterocycles. The molecule has 1 aromatic rings. The minimum Gasteiger partial charge on any atom is -0.0622 e.